The molecule has 0 heterocycles. The molecule has 1 aromatic carbocycles. The monoisotopic (exact) mass is 284 g/mol. The average Bonchev–Trinajstić information content (AvgIpc) is 2.28. The summed E-state index contributed by atoms with van der Waals surface area (Å²) in [6.07, 6.45) is 1.11. The van der Waals surface area contributed by atoms with Crippen molar-refractivity contribution in [3.05, 3.63) is 29.3 Å². The summed E-state index contributed by atoms with van der Waals surface area (Å²) < 4.78 is 24.9. The summed E-state index contributed by atoms with van der Waals surface area (Å²) in [6.45, 7) is 5.78. The number of aryl methyl sites for hydroxylation is 2. The van der Waals surface area contributed by atoms with E-state index in [4.69, 9.17) is 0 Å². The molecule has 19 heavy (non-hydrogen) atoms. The van der Waals surface area contributed by atoms with Gasteiger partial charge in [-0.2, -0.15) is 0 Å². The van der Waals surface area contributed by atoms with Crippen LogP contribution in [0.25, 0.3) is 0 Å². The van der Waals surface area contributed by atoms with Crippen LogP contribution in [0.15, 0.2) is 18.2 Å². The Labute approximate surface area is 114 Å². The zero-order valence-corrected chi connectivity index (χ0v) is 12.5. The van der Waals surface area contributed by atoms with E-state index in [1.807, 2.05) is 26.0 Å². The molecule has 0 atom stereocenters. The lowest BCUT2D eigenvalue weighted by atomic mass is 10.1. The molecule has 6 heteroatoms. The molecule has 0 aromatic heterocycles. The van der Waals surface area contributed by atoms with Crippen molar-refractivity contribution in [2.45, 2.75) is 20.8 Å². The largest absolute Gasteiger partial charge is 0.355 e. The van der Waals surface area contributed by atoms with Crippen LogP contribution in [0.2, 0.25) is 0 Å². The van der Waals surface area contributed by atoms with Crippen molar-refractivity contribution in [1.82, 2.24) is 5.32 Å². The van der Waals surface area contributed by atoms with Gasteiger partial charge in [0.25, 0.3) is 0 Å². The Balaban J connectivity index is 3.18. The van der Waals surface area contributed by atoms with E-state index in [-0.39, 0.29) is 12.5 Å². The van der Waals surface area contributed by atoms with Crippen LogP contribution in [0, 0.1) is 13.8 Å². The van der Waals surface area contributed by atoms with Crippen LogP contribution in [-0.4, -0.2) is 33.7 Å². The van der Waals surface area contributed by atoms with E-state index >= 15 is 0 Å². The third-order valence-corrected chi connectivity index (χ3v) is 3.82. The van der Waals surface area contributed by atoms with E-state index in [0.29, 0.717) is 12.2 Å². The molecule has 1 aromatic rings. The number of rotatable bonds is 5. The van der Waals surface area contributed by atoms with Crippen molar-refractivity contribution in [1.29, 1.82) is 0 Å². The molecule has 0 aliphatic carbocycles. The first kappa shape index (κ1) is 15.5. The van der Waals surface area contributed by atoms with Gasteiger partial charge in [0.15, 0.2) is 0 Å². The highest BCUT2D eigenvalue weighted by Gasteiger charge is 2.22. The van der Waals surface area contributed by atoms with E-state index in [9.17, 15) is 13.2 Å². The highest BCUT2D eigenvalue weighted by Crippen LogP contribution is 2.23. The molecule has 1 amide bonds. The van der Waals surface area contributed by atoms with E-state index in [1.165, 1.54) is 0 Å². The number of amides is 1. The van der Waals surface area contributed by atoms with Crippen LogP contribution in [0.1, 0.15) is 18.1 Å². The first-order chi connectivity index (χ1) is 8.75. The molecule has 5 nitrogen and oxygen atoms in total. The van der Waals surface area contributed by atoms with Gasteiger partial charge < -0.3 is 5.32 Å². The summed E-state index contributed by atoms with van der Waals surface area (Å²) in [5.41, 5.74) is 2.32. The predicted molar refractivity (Wildman–Crippen MR) is 76.8 cm³/mol. The second-order valence-corrected chi connectivity index (χ2v) is 6.42. The number of carbonyl (C=O) groups is 1. The zero-order chi connectivity index (χ0) is 14.6. The number of hydrogen-bond donors (Lipinski definition) is 1. The minimum atomic E-state index is -3.50. The van der Waals surface area contributed by atoms with Gasteiger partial charge in [0.05, 0.1) is 11.9 Å². The van der Waals surface area contributed by atoms with Crippen molar-refractivity contribution in [2.24, 2.45) is 0 Å². The van der Waals surface area contributed by atoms with Gasteiger partial charge in [-0.3, -0.25) is 9.10 Å². The maximum absolute atomic E-state index is 11.9. The first-order valence-electron chi connectivity index (χ1n) is 6.07. The summed E-state index contributed by atoms with van der Waals surface area (Å²) >= 11 is 0. The molecular formula is C13H20N2O3S. The number of sulfonamides is 1. The zero-order valence-electron chi connectivity index (χ0n) is 11.7. The fourth-order valence-electron chi connectivity index (χ4n) is 1.75. The summed E-state index contributed by atoms with van der Waals surface area (Å²) in [5, 5.41) is 2.61. The standard InChI is InChI=1S/C13H20N2O3S/c1-5-14-13(16)9-15(19(4,17)18)12-8-10(2)6-7-11(12)3/h6-8H,5,9H2,1-4H3,(H,14,16). The van der Waals surface area contributed by atoms with Gasteiger partial charge in [-0.05, 0) is 38.0 Å². The highest BCUT2D eigenvalue weighted by molar-refractivity contribution is 7.92. The smallest absolute Gasteiger partial charge is 0.240 e. The predicted octanol–water partition coefficient (Wildman–Crippen LogP) is 1.21. The second kappa shape index (κ2) is 6.06. The van der Waals surface area contributed by atoms with Gasteiger partial charge in [0, 0.05) is 6.54 Å². The molecule has 0 spiro atoms. The summed E-state index contributed by atoms with van der Waals surface area (Å²) in [7, 11) is -3.50. The molecule has 0 aliphatic rings. The van der Waals surface area contributed by atoms with Crippen molar-refractivity contribution in [3.8, 4) is 0 Å². The average molecular weight is 284 g/mol. The van der Waals surface area contributed by atoms with E-state index in [2.05, 4.69) is 5.32 Å². The number of carbonyl (C=O) groups excluding carboxylic acids is 1. The molecular weight excluding hydrogens is 264 g/mol. The van der Waals surface area contributed by atoms with E-state index in [0.717, 1.165) is 21.7 Å². The number of nitrogens with zero attached hydrogens (tertiary/aromatic N) is 1. The van der Waals surface area contributed by atoms with Crippen LogP contribution in [0.5, 0.6) is 0 Å². The van der Waals surface area contributed by atoms with E-state index in [1.54, 1.807) is 13.0 Å². The van der Waals surface area contributed by atoms with Crippen molar-refractivity contribution in [3.63, 3.8) is 0 Å². The number of benzene rings is 1. The molecule has 106 valence electrons. The molecule has 0 saturated carbocycles. The number of nitrogens with one attached hydrogen (secondary N) is 1. The third kappa shape index (κ3) is 4.24. The Morgan fingerprint density at radius 3 is 2.47 bits per heavy atom. The SMILES string of the molecule is CCNC(=O)CN(c1cc(C)ccc1C)S(C)(=O)=O. The van der Waals surface area contributed by atoms with Crippen molar-refractivity contribution in [2.75, 3.05) is 23.7 Å². The lowest BCUT2D eigenvalue weighted by molar-refractivity contribution is -0.119. The Hall–Kier alpha value is -1.56. The molecule has 1 N–H and O–H groups in total. The lowest BCUT2D eigenvalue weighted by Gasteiger charge is -2.24. The van der Waals surface area contributed by atoms with Gasteiger partial charge in [-0.25, -0.2) is 8.42 Å². The molecule has 0 saturated heterocycles. The number of hydrogen-bond acceptors (Lipinski definition) is 3. The molecule has 0 radical (unpaired) electrons. The first-order valence-corrected chi connectivity index (χ1v) is 7.92. The summed E-state index contributed by atoms with van der Waals surface area (Å²) in [4.78, 5) is 11.7. The minimum Gasteiger partial charge on any atom is -0.355 e. The van der Waals surface area contributed by atoms with Crippen LogP contribution in [0.4, 0.5) is 5.69 Å². The quantitative estimate of drug-likeness (QED) is 0.883. The molecule has 1 rings (SSSR count). The van der Waals surface area contributed by atoms with Crippen LogP contribution in [0.3, 0.4) is 0 Å². The normalized spacial score (nSPS) is 11.2. The van der Waals surface area contributed by atoms with Gasteiger partial charge in [-0.15, -0.1) is 0 Å². The van der Waals surface area contributed by atoms with Gasteiger partial charge >= 0.3 is 0 Å². The Morgan fingerprint density at radius 1 is 1.32 bits per heavy atom. The van der Waals surface area contributed by atoms with Gasteiger partial charge in [0.2, 0.25) is 15.9 Å². The van der Waals surface area contributed by atoms with E-state index < -0.39 is 10.0 Å². The Bertz CT molecular complexity index is 567. The van der Waals surface area contributed by atoms with Crippen LogP contribution in [-0.2, 0) is 14.8 Å². The van der Waals surface area contributed by atoms with Crippen molar-refractivity contribution >= 4 is 21.6 Å². The third-order valence-electron chi connectivity index (χ3n) is 2.69. The second-order valence-electron chi connectivity index (χ2n) is 4.51. The van der Waals surface area contributed by atoms with Gasteiger partial charge in [0.1, 0.15) is 6.54 Å². The fraction of sp³-hybridized carbons (Fsp3) is 0.462. The fourth-order valence-corrected chi connectivity index (χ4v) is 2.66. The highest BCUT2D eigenvalue weighted by atomic mass is 32.2. The summed E-state index contributed by atoms with van der Waals surface area (Å²) in [6, 6.07) is 5.53. The topological polar surface area (TPSA) is 66.5 Å². The number of likely N-dealkylation sites (N-methyl/N-ethyl adjacent to an activating group) is 1. The summed E-state index contributed by atoms with van der Waals surface area (Å²) in [5.74, 6) is -0.311. The lowest BCUT2D eigenvalue weighted by Crippen LogP contribution is -2.40. The maximum Gasteiger partial charge on any atom is 0.240 e. The Kier molecular flexibility index (Phi) is 4.94. The Morgan fingerprint density at radius 2 is 1.95 bits per heavy atom. The van der Waals surface area contributed by atoms with Crippen LogP contribution >= 0.6 is 0 Å². The van der Waals surface area contributed by atoms with Gasteiger partial charge in [-0.1, -0.05) is 12.1 Å². The maximum atomic E-state index is 11.9. The minimum absolute atomic E-state index is 0.197. The van der Waals surface area contributed by atoms with Crippen molar-refractivity contribution < 1.29 is 13.2 Å². The number of anilines is 1. The molecule has 0 aliphatic heterocycles. The molecule has 0 unspecified atom stereocenters. The molecule has 0 fully saturated rings. The van der Waals surface area contributed by atoms with Crippen LogP contribution < -0.4 is 9.62 Å². The molecule has 0 bridgehead atoms.